The second kappa shape index (κ2) is 9.19. The first-order valence-corrected chi connectivity index (χ1v) is 7.23. The maximum absolute atomic E-state index is 13.1. The molecular weight excluding hydrogens is 361 g/mol. The molecule has 0 unspecified atom stereocenters. The Hall–Kier alpha value is -2.39. The highest BCUT2D eigenvalue weighted by molar-refractivity contribution is 6.30. The molecule has 1 aromatic heterocycles. The van der Waals surface area contributed by atoms with Gasteiger partial charge in [-0.1, -0.05) is 17.7 Å². The van der Waals surface area contributed by atoms with E-state index in [0.717, 1.165) is 0 Å². The summed E-state index contributed by atoms with van der Waals surface area (Å²) in [5.41, 5.74) is -0.407. The molecular formula is C15H16ClF3N4O2. The molecule has 0 aliphatic carbocycles. The maximum atomic E-state index is 13.1. The van der Waals surface area contributed by atoms with Gasteiger partial charge in [0.15, 0.2) is 5.69 Å². The molecule has 136 valence electrons. The van der Waals surface area contributed by atoms with Crippen LogP contribution < -0.4 is 5.32 Å². The van der Waals surface area contributed by atoms with Crippen LogP contribution in [0, 0.1) is 0 Å². The van der Waals surface area contributed by atoms with Crippen LogP contribution in [0.4, 0.5) is 24.8 Å². The van der Waals surface area contributed by atoms with Gasteiger partial charge in [-0.05, 0) is 32.3 Å². The van der Waals surface area contributed by atoms with Gasteiger partial charge in [0.2, 0.25) is 5.95 Å². The lowest BCUT2D eigenvalue weighted by Crippen LogP contribution is -2.19. The van der Waals surface area contributed by atoms with Crippen LogP contribution in [0.15, 0.2) is 30.5 Å². The topological polar surface area (TPSA) is 78.4 Å². The van der Waals surface area contributed by atoms with Crippen LogP contribution in [0.2, 0.25) is 5.02 Å². The van der Waals surface area contributed by atoms with E-state index in [-0.39, 0.29) is 24.5 Å². The Labute approximate surface area is 147 Å². The minimum atomic E-state index is -4.54. The second-order valence-electron chi connectivity index (χ2n) is 5.04. The minimum Gasteiger partial charge on any atom is -0.483 e. The molecule has 0 atom stereocenters. The quantitative estimate of drug-likeness (QED) is 0.793. The van der Waals surface area contributed by atoms with Crippen LogP contribution in [-0.2, 0) is 17.5 Å². The fraction of sp³-hybridized carbons (Fsp3) is 0.267. The van der Waals surface area contributed by atoms with Crippen molar-refractivity contribution in [3.05, 3.63) is 46.7 Å². The molecule has 1 heterocycles. The highest BCUT2D eigenvalue weighted by Crippen LogP contribution is 2.31. The Morgan fingerprint density at radius 3 is 2.52 bits per heavy atom. The molecule has 0 spiro atoms. The van der Waals surface area contributed by atoms with Gasteiger partial charge in [-0.2, -0.15) is 13.2 Å². The van der Waals surface area contributed by atoms with E-state index in [4.69, 9.17) is 21.5 Å². The van der Waals surface area contributed by atoms with Gasteiger partial charge in [0, 0.05) is 29.0 Å². The van der Waals surface area contributed by atoms with Gasteiger partial charge in [0.25, 0.3) is 6.47 Å². The van der Waals surface area contributed by atoms with Gasteiger partial charge in [0.05, 0.1) is 0 Å². The van der Waals surface area contributed by atoms with Crippen LogP contribution in [0.5, 0.6) is 0 Å². The van der Waals surface area contributed by atoms with E-state index in [2.05, 4.69) is 15.3 Å². The number of hydrogen-bond acceptors (Lipinski definition) is 5. The summed E-state index contributed by atoms with van der Waals surface area (Å²) in [7, 11) is 3.36. The largest absolute Gasteiger partial charge is 0.483 e. The molecule has 0 amide bonds. The average Bonchev–Trinajstić information content (AvgIpc) is 2.48. The van der Waals surface area contributed by atoms with Crippen molar-refractivity contribution in [2.75, 3.05) is 19.4 Å². The second-order valence-corrected chi connectivity index (χ2v) is 5.48. The molecule has 2 rings (SSSR count). The third kappa shape index (κ3) is 6.94. The molecule has 2 aromatic rings. The van der Waals surface area contributed by atoms with Crippen molar-refractivity contribution in [1.29, 1.82) is 0 Å². The highest BCUT2D eigenvalue weighted by atomic mass is 35.5. The predicted octanol–water partition coefficient (Wildman–Crippen LogP) is 3.65. The van der Waals surface area contributed by atoms with Crippen LogP contribution in [-0.4, -0.2) is 40.5 Å². The zero-order valence-corrected chi connectivity index (χ0v) is 14.1. The van der Waals surface area contributed by atoms with Crippen molar-refractivity contribution in [3.8, 4) is 0 Å². The Balaban J connectivity index is 0.000000970. The number of carbonyl (C=O) groups is 1. The van der Waals surface area contributed by atoms with E-state index in [0.29, 0.717) is 10.7 Å². The zero-order chi connectivity index (χ0) is 19.0. The smallest absolute Gasteiger partial charge is 0.433 e. The first kappa shape index (κ1) is 20.7. The van der Waals surface area contributed by atoms with Crippen LogP contribution in [0.1, 0.15) is 11.3 Å². The first-order chi connectivity index (χ1) is 11.7. The summed E-state index contributed by atoms with van der Waals surface area (Å²) in [5, 5.41) is 10.1. The molecule has 0 saturated carbocycles. The summed E-state index contributed by atoms with van der Waals surface area (Å²) in [5.74, 6) is -0.128. The Kier molecular flexibility index (Phi) is 7.59. The van der Waals surface area contributed by atoms with E-state index < -0.39 is 11.9 Å². The molecule has 25 heavy (non-hydrogen) atoms. The van der Waals surface area contributed by atoms with E-state index in [1.54, 1.807) is 43.3 Å². The lowest BCUT2D eigenvalue weighted by atomic mass is 10.2. The Morgan fingerprint density at radius 2 is 2.00 bits per heavy atom. The van der Waals surface area contributed by atoms with Gasteiger partial charge in [-0.3, -0.25) is 4.79 Å². The molecule has 10 heteroatoms. The molecule has 6 nitrogen and oxygen atoms in total. The molecule has 0 aliphatic heterocycles. The number of alkyl halides is 3. The number of nitrogens with one attached hydrogen (secondary N) is 1. The molecule has 0 bridgehead atoms. The fourth-order valence-corrected chi connectivity index (χ4v) is 2.05. The number of carboxylic acid groups (broad SMARTS) is 1. The number of benzene rings is 1. The lowest BCUT2D eigenvalue weighted by molar-refractivity contribution is -0.142. The van der Waals surface area contributed by atoms with Gasteiger partial charge < -0.3 is 15.3 Å². The summed E-state index contributed by atoms with van der Waals surface area (Å²) in [6.07, 6.45) is -3.36. The standard InChI is InChI=1S/C14H14ClF3N4.CH2O2/c1-22(2)8-9-7-19-13(21-12(9)14(16,17)18)20-11-5-3-4-10(15)6-11;2-1-3/h3-7H,8H2,1-2H3,(H,19,20,21);1H,(H,2,3). The number of nitrogens with zero attached hydrogens (tertiary/aromatic N) is 3. The SMILES string of the molecule is CN(C)Cc1cnc(Nc2cccc(Cl)c2)nc1C(F)(F)F.O=CO. The van der Waals surface area contributed by atoms with E-state index in [1.807, 2.05) is 0 Å². The molecule has 0 aliphatic rings. The van der Waals surface area contributed by atoms with E-state index in [9.17, 15) is 13.2 Å². The lowest BCUT2D eigenvalue weighted by Gasteiger charge is -2.16. The van der Waals surface area contributed by atoms with Gasteiger partial charge >= 0.3 is 6.18 Å². The molecule has 2 N–H and O–H groups in total. The number of halogens is 4. The summed E-state index contributed by atoms with van der Waals surface area (Å²) in [6, 6.07) is 6.58. The molecule has 1 aromatic carbocycles. The van der Waals surface area contributed by atoms with E-state index in [1.165, 1.54) is 6.20 Å². The summed E-state index contributed by atoms with van der Waals surface area (Å²) < 4.78 is 39.4. The first-order valence-electron chi connectivity index (χ1n) is 6.85. The van der Waals surface area contributed by atoms with Crippen molar-refractivity contribution in [2.24, 2.45) is 0 Å². The monoisotopic (exact) mass is 376 g/mol. The molecule has 0 fully saturated rings. The summed E-state index contributed by atoms with van der Waals surface area (Å²) >= 11 is 5.83. The van der Waals surface area contributed by atoms with Gasteiger partial charge in [-0.15, -0.1) is 0 Å². The Bertz CT molecular complexity index is 711. The van der Waals surface area contributed by atoms with E-state index >= 15 is 0 Å². The van der Waals surface area contributed by atoms with Crippen molar-refractivity contribution in [3.63, 3.8) is 0 Å². The third-order valence-corrected chi connectivity index (χ3v) is 2.94. The fourth-order valence-electron chi connectivity index (χ4n) is 1.86. The van der Waals surface area contributed by atoms with Crippen molar-refractivity contribution in [2.45, 2.75) is 12.7 Å². The summed E-state index contributed by atoms with van der Waals surface area (Å²) in [6.45, 7) is -0.147. The molecule has 0 saturated heterocycles. The zero-order valence-electron chi connectivity index (χ0n) is 13.4. The van der Waals surface area contributed by atoms with Crippen molar-refractivity contribution < 1.29 is 23.1 Å². The summed E-state index contributed by atoms with van der Waals surface area (Å²) in [4.78, 5) is 17.5. The number of aromatic nitrogens is 2. The van der Waals surface area contributed by atoms with Crippen LogP contribution >= 0.6 is 11.6 Å². The number of hydrogen-bond donors (Lipinski definition) is 2. The normalized spacial score (nSPS) is 10.8. The highest BCUT2D eigenvalue weighted by Gasteiger charge is 2.36. The Morgan fingerprint density at radius 1 is 1.36 bits per heavy atom. The van der Waals surface area contributed by atoms with Gasteiger partial charge in [-0.25, -0.2) is 9.97 Å². The van der Waals surface area contributed by atoms with Crippen molar-refractivity contribution in [1.82, 2.24) is 14.9 Å². The molecule has 0 radical (unpaired) electrons. The van der Waals surface area contributed by atoms with Crippen LogP contribution in [0.3, 0.4) is 0 Å². The third-order valence-electron chi connectivity index (χ3n) is 2.70. The maximum Gasteiger partial charge on any atom is 0.433 e. The average molecular weight is 377 g/mol. The van der Waals surface area contributed by atoms with Crippen molar-refractivity contribution >= 4 is 29.7 Å². The van der Waals surface area contributed by atoms with Crippen LogP contribution in [0.25, 0.3) is 0 Å². The number of rotatable bonds is 4. The predicted molar refractivity (Wildman–Crippen MR) is 87.9 cm³/mol. The van der Waals surface area contributed by atoms with Gasteiger partial charge in [0.1, 0.15) is 0 Å². The minimum absolute atomic E-state index is 0.0224. The number of anilines is 2.